The van der Waals surface area contributed by atoms with Crippen LogP contribution < -0.4 is 4.74 Å². The van der Waals surface area contributed by atoms with Gasteiger partial charge in [-0.15, -0.1) is 5.10 Å². The maximum atomic E-state index is 13.0. The van der Waals surface area contributed by atoms with Crippen molar-refractivity contribution < 1.29 is 9.13 Å². The number of halogens is 1. The first-order valence-electron chi connectivity index (χ1n) is 8.81. The molecule has 0 aliphatic carbocycles. The molecule has 0 N–H and O–H groups in total. The van der Waals surface area contributed by atoms with Gasteiger partial charge in [-0.1, -0.05) is 54.6 Å². The largest absolute Gasteiger partial charge is 0.740 e. The van der Waals surface area contributed by atoms with Gasteiger partial charge >= 0.3 is 0 Å². The van der Waals surface area contributed by atoms with Gasteiger partial charge in [0.2, 0.25) is 0 Å². The van der Waals surface area contributed by atoms with E-state index >= 15 is 0 Å². The molecule has 28 heavy (non-hydrogen) atoms. The number of nitrogens with zero attached hydrogens (tertiary/aromatic N) is 3. The first-order chi connectivity index (χ1) is 13.7. The maximum absolute atomic E-state index is 13.0. The first-order valence-corrected chi connectivity index (χ1v) is 9.22. The molecule has 0 spiro atoms. The van der Waals surface area contributed by atoms with E-state index in [0.717, 1.165) is 11.1 Å². The monoisotopic (exact) mass is 390 g/mol. The molecule has 1 heterocycles. The highest BCUT2D eigenvalue weighted by Gasteiger charge is 2.08. The fourth-order valence-corrected chi connectivity index (χ4v) is 3.09. The lowest BCUT2D eigenvalue weighted by Gasteiger charge is -2.14. The average molecular weight is 390 g/mol. The molecule has 3 aromatic carbocycles. The minimum absolute atomic E-state index is 0.206. The van der Waals surface area contributed by atoms with Crippen molar-refractivity contribution in [3.63, 3.8) is 0 Å². The Morgan fingerprint density at radius 3 is 2.21 bits per heavy atom. The van der Waals surface area contributed by atoms with E-state index in [0.29, 0.717) is 23.3 Å². The maximum Gasteiger partial charge on any atom is 0.169 e. The van der Waals surface area contributed by atoms with Crippen LogP contribution in [0, 0.1) is 5.82 Å². The number of hydrogen-bond donors (Lipinski definition) is 0. The molecule has 0 saturated heterocycles. The van der Waals surface area contributed by atoms with Gasteiger partial charge in [0.15, 0.2) is 5.82 Å². The standard InChI is InChI=1S/C22H18FN3OS/c23-19-10-12-20(13-11-19)27-15-21-24-25-22(28)26(21)14-16-6-8-18(9-7-16)17-4-2-1-3-5-17/h1-13H,14-15H2,(H,25,28)/p-1. The molecule has 0 bridgehead atoms. The molecule has 0 atom stereocenters. The molecule has 0 aliphatic heterocycles. The lowest BCUT2D eigenvalue weighted by atomic mass is 10.0. The topological polar surface area (TPSA) is 39.9 Å². The molecule has 4 rings (SSSR count). The van der Waals surface area contributed by atoms with E-state index in [9.17, 15) is 4.39 Å². The van der Waals surface area contributed by atoms with Crippen LogP contribution in [0.2, 0.25) is 0 Å². The number of benzene rings is 3. The Morgan fingerprint density at radius 2 is 1.50 bits per heavy atom. The highest BCUT2D eigenvalue weighted by Crippen LogP contribution is 2.20. The molecule has 0 radical (unpaired) electrons. The molecule has 1 aromatic heterocycles. The van der Waals surface area contributed by atoms with E-state index in [4.69, 9.17) is 17.4 Å². The Hall–Kier alpha value is -3.25. The van der Waals surface area contributed by atoms with Gasteiger partial charge in [-0.05, 0) is 41.0 Å². The number of rotatable bonds is 6. The Kier molecular flexibility index (Phi) is 5.30. The van der Waals surface area contributed by atoms with Gasteiger partial charge in [0.25, 0.3) is 0 Å². The van der Waals surface area contributed by atoms with E-state index in [-0.39, 0.29) is 12.4 Å². The Bertz CT molecular complexity index is 1050. The van der Waals surface area contributed by atoms with E-state index < -0.39 is 0 Å². The second kappa shape index (κ2) is 8.19. The highest BCUT2D eigenvalue weighted by atomic mass is 32.1. The average Bonchev–Trinajstić information content (AvgIpc) is 3.08. The summed E-state index contributed by atoms with van der Waals surface area (Å²) in [5, 5.41) is 8.52. The van der Waals surface area contributed by atoms with Gasteiger partial charge in [-0.25, -0.2) is 4.39 Å². The van der Waals surface area contributed by atoms with Crippen LogP contribution in [-0.2, 0) is 25.8 Å². The zero-order chi connectivity index (χ0) is 19.3. The normalized spacial score (nSPS) is 10.8. The van der Waals surface area contributed by atoms with Crippen molar-refractivity contribution in [2.75, 3.05) is 0 Å². The van der Waals surface area contributed by atoms with Crippen LogP contribution in [0.15, 0.2) is 84.0 Å². The third kappa shape index (κ3) is 4.18. The van der Waals surface area contributed by atoms with Crippen molar-refractivity contribution in [3.8, 4) is 16.9 Å². The molecule has 0 amide bonds. The third-order valence-electron chi connectivity index (χ3n) is 4.38. The van der Waals surface area contributed by atoms with Gasteiger partial charge in [0, 0.05) is 11.7 Å². The summed E-state index contributed by atoms with van der Waals surface area (Å²) in [6, 6.07) is 24.4. The lowest BCUT2D eigenvalue weighted by Crippen LogP contribution is -2.09. The van der Waals surface area contributed by atoms with Crippen molar-refractivity contribution in [2.24, 2.45) is 0 Å². The van der Waals surface area contributed by atoms with Crippen molar-refractivity contribution >= 4 is 12.6 Å². The Balaban J connectivity index is 1.47. The molecule has 4 nitrogen and oxygen atoms in total. The van der Waals surface area contributed by atoms with Crippen LogP contribution in [0.4, 0.5) is 4.39 Å². The molecule has 140 valence electrons. The lowest BCUT2D eigenvalue weighted by molar-refractivity contribution is 0.288. The Labute approximate surface area is 168 Å². The fraction of sp³-hybridized carbons (Fsp3) is 0.0909. The summed E-state index contributed by atoms with van der Waals surface area (Å²) in [5.41, 5.74) is 3.43. The molecule has 0 saturated carbocycles. The van der Waals surface area contributed by atoms with Crippen molar-refractivity contribution in [1.82, 2.24) is 14.8 Å². The van der Waals surface area contributed by atoms with E-state index in [1.54, 1.807) is 12.1 Å². The van der Waals surface area contributed by atoms with Gasteiger partial charge in [0.05, 0.1) is 0 Å². The summed E-state index contributed by atoms with van der Waals surface area (Å²) in [6.07, 6.45) is 0. The number of ether oxygens (including phenoxy) is 1. The molecule has 0 unspecified atom stereocenters. The predicted octanol–water partition coefficient (Wildman–Crippen LogP) is 4.62. The van der Waals surface area contributed by atoms with Crippen molar-refractivity contribution in [1.29, 1.82) is 0 Å². The third-order valence-corrected chi connectivity index (χ3v) is 4.68. The second-order valence-corrected chi connectivity index (χ2v) is 6.66. The van der Waals surface area contributed by atoms with Crippen LogP contribution in [-0.4, -0.2) is 14.8 Å². The molecular weight excluding hydrogens is 373 g/mol. The summed E-state index contributed by atoms with van der Waals surface area (Å²) in [6.45, 7) is 0.764. The van der Waals surface area contributed by atoms with Crippen LogP contribution in [0.5, 0.6) is 5.75 Å². The molecule has 0 aliphatic rings. The van der Waals surface area contributed by atoms with Crippen LogP contribution in [0.1, 0.15) is 11.4 Å². The molecule has 6 heteroatoms. The van der Waals surface area contributed by atoms with E-state index in [1.165, 1.54) is 17.7 Å². The van der Waals surface area contributed by atoms with Crippen LogP contribution in [0.3, 0.4) is 0 Å². The molecule has 4 aromatic rings. The zero-order valence-electron chi connectivity index (χ0n) is 15.0. The second-order valence-electron chi connectivity index (χ2n) is 6.29. The minimum atomic E-state index is -0.303. The van der Waals surface area contributed by atoms with E-state index in [2.05, 4.69) is 46.6 Å². The van der Waals surface area contributed by atoms with E-state index in [1.807, 2.05) is 22.8 Å². The van der Waals surface area contributed by atoms with Gasteiger partial charge in [-0.2, -0.15) is 5.10 Å². The summed E-state index contributed by atoms with van der Waals surface area (Å²) >= 11 is 5.31. The molecule has 0 fully saturated rings. The minimum Gasteiger partial charge on any atom is -0.740 e. The number of aromatic nitrogens is 3. The smallest absolute Gasteiger partial charge is 0.169 e. The Morgan fingerprint density at radius 1 is 0.821 bits per heavy atom. The van der Waals surface area contributed by atoms with Gasteiger partial charge < -0.3 is 21.9 Å². The van der Waals surface area contributed by atoms with Crippen molar-refractivity contribution in [3.05, 3.63) is 96.1 Å². The summed E-state index contributed by atoms with van der Waals surface area (Å²) in [5.74, 6) is 0.887. The molecular formula is C22H17FN3OS-. The fourth-order valence-electron chi connectivity index (χ4n) is 2.88. The summed E-state index contributed by atoms with van der Waals surface area (Å²) < 4.78 is 20.5. The quantitative estimate of drug-likeness (QED) is 0.451. The number of hydrogen-bond acceptors (Lipinski definition) is 4. The van der Waals surface area contributed by atoms with Gasteiger partial charge in [0.1, 0.15) is 18.2 Å². The summed E-state index contributed by atoms with van der Waals surface area (Å²) in [7, 11) is 0. The first kappa shape index (κ1) is 18.1. The van der Waals surface area contributed by atoms with Gasteiger partial charge in [-0.3, -0.25) is 0 Å². The highest BCUT2D eigenvalue weighted by molar-refractivity contribution is 7.58. The predicted molar refractivity (Wildman–Crippen MR) is 107 cm³/mol. The van der Waals surface area contributed by atoms with Crippen LogP contribution in [0.25, 0.3) is 11.1 Å². The van der Waals surface area contributed by atoms with Crippen LogP contribution >= 0.6 is 0 Å². The summed E-state index contributed by atoms with van der Waals surface area (Å²) in [4.78, 5) is 0. The SMILES string of the molecule is Fc1ccc(OCc2nnc([S-])n2Cc2ccc(-c3ccccc3)cc2)cc1. The zero-order valence-corrected chi connectivity index (χ0v) is 15.8. The van der Waals surface area contributed by atoms with Crippen molar-refractivity contribution in [2.45, 2.75) is 18.3 Å².